The molecule has 27 heavy (non-hydrogen) atoms. The second kappa shape index (κ2) is 8.84. The van der Waals surface area contributed by atoms with E-state index >= 15 is 0 Å². The number of aryl methyl sites for hydroxylation is 3. The molecule has 1 aromatic heterocycles. The van der Waals surface area contributed by atoms with Crippen LogP contribution in [0.1, 0.15) is 47.1 Å². The van der Waals surface area contributed by atoms with Crippen molar-refractivity contribution in [2.24, 2.45) is 0 Å². The number of hydrogen-bond donors (Lipinski definition) is 0. The molecule has 1 saturated heterocycles. The van der Waals surface area contributed by atoms with Gasteiger partial charge >= 0.3 is 0 Å². The van der Waals surface area contributed by atoms with Crippen LogP contribution in [0.15, 0.2) is 34.9 Å². The maximum Gasteiger partial charge on any atom is 0.276 e. The van der Waals surface area contributed by atoms with Crippen molar-refractivity contribution in [3.8, 4) is 0 Å². The molecule has 3 rings (SSSR count). The summed E-state index contributed by atoms with van der Waals surface area (Å²) < 4.78 is 4.99. The Hall–Kier alpha value is -2.63. The van der Waals surface area contributed by atoms with Crippen LogP contribution in [0.4, 0.5) is 0 Å². The molecule has 1 aliphatic rings. The Balaban J connectivity index is 1.50. The Morgan fingerprint density at radius 3 is 2.37 bits per heavy atom. The minimum absolute atomic E-state index is 0.128. The number of rotatable bonds is 5. The van der Waals surface area contributed by atoms with E-state index in [0.29, 0.717) is 44.1 Å². The van der Waals surface area contributed by atoms with Crippen molar-refractivity contribution in [1.29, 1.82) is 0 Å². The average molecular weight is 369 g/mol. The van der Waals surface area contributed by atoms with E-state index in [2.05, 4.69) is 36.3 Å². The highest BCUT2D eigenvalue weighted by Crippen LogP contribution is 2.12. The summed E-state index contributed by atoms with van der Waals surface area (Å²) in [6, 6.07) is 10.1. The fourth-order valence-electron chi connectivity index (χ4n) is 3.35. The number of benzene rings is 1. The summed E-state index contributed by atoms with van der Waals surface area (Å²) in [7, 11) is 0. The zero-order valence-electron chi connectivity index (χ0n) is 16.1. The Kier molecular flexibility index (Phi) is 6.27. The van der Waals surface area contributed by atoms with Gasteiger partial charge in [-0.3, -0.25) is 9.59 Å². The summed E-state index contributed by atoms with van der Waals surface area (Å²) in [5.74, 6) is 0.648. The summed E-state index contributed by atoms with van der Waals surface area (Å²) in [6.07, 6.45) is 3.05. The van der Waals surface area contributed by atoms with Gasteiger partial charge in [-0.05, 0) is 37.3 Å². The number of hydrogen-bond acceptors (Lipinski definition) is 4. The van der Waals surface area contributed by atoms with Crippen molar-refractivity contribution in [2.45, 2.75) is 39.5 Å². The van der Waals surface area contributed by atoms with Crippen molar-refractivity contribution in [3.63, 3.8) is 0 Å². The lowest BCUT2D eigenvalue weighted by Crippen LogP contribution is -2.37. The number of amides is 2. The summed E-state index contributed by atoms with van der Waals surface area (Å²) in [6.45, 7) is 6.32. The molecule has 2 amide bonds. The third kappa shape index (κ3) is 4.96. The van der Waals surface area contributed by atoms with E-state index in [1.165, 1.54) is 11.1 Å². The molecule has 1 aromatic carbocycles. The van der Waals surface area contributed by atoms with E-state index < -0.39 is 0 Å². The van der Waals surface area contributed by atoms with Crippen molar-refractivity contribution in [3.05, 3.63) is 52.9 Å². The number of nitrogens with zero attached hydrogens (tertiary/aromatic N) is 3. The lowest BCUT2D eigenvalue weighted by molar-refractivity contribution is -0.131. The van der Waals surface area contributed by atoms with Crippen LogP contribution in [0.25, 0.3) is 0 Å². The Morgan fingerprint density at radius 2 is 1.70 bits per heavy atom. The van der Waals surface area contributed by atoms with Gasteiger partial charge in [-0.15, -0.1) is 0 Å². The van der Waals surface area contributed by atoms with Crippen molar-refractivity contribution >= 4 is 11.8 Å². The highest BCUT2D eigenvalue weighted by molar-refractivity contribution is 5.92. The van der Waals surface area contributed by atoms with Crippen molar-refractivity contribution in [1.82, 2.24) is 15.0 Å². The molecule has 2 aromatic rings. The lowest BCUT2D eigenvalue weighted by atomic mass is 10.1. The quantitative estimate of drug-likeness (QED) is 0.813. The van der Waals surface area contributed by atoms with Crippen LogP contribution in [0.3, 0.4) is 0 Å². The van der Waals surface area contributed by atoms with Gasteiger partial charge in [0.2, 0.25) is 5.91 Å². The highest BCUT2D eigenvalue weighted by atomic mass is 16.5. The minimum Gasteiger partial charge on any atom is -0.361 e. The number of carbonyl (C=O) groups excluding carboxylic acids is 2. The average Bonchev–Trinajstić information content (AvgIpc) is 2.98. The molecule has 0 unspecified atom stereocenters. The molecule has 0 aliphatic carbocycles. The van der Waals surface area contributed by atoms with Crippen LogP contribution < -0.4 is 0 Å². The molecule has 0 radical (unpaired) electrons. The van der Waals surface area contributed by atoms with Crippen LogP contribution in [0.2, 0.25) is 0 Å². The van der Waals surface area contributed by atoms with Gasteiger partial charge < -0.3 is 14.3 Å². The van der Waals surface area contributed by atoms with Crippen LogP contribution in [-0.4, -0.2) is 52.9 Å². The van der Waals surface area contributed by atoms with Gasteiger partial charge in [-0.2, -0.15) is 0 Å². The van der Waals surface area contributed by atoms with Gasteiger partial charge in [0.15, 0.2) is 5.69 Å². The molecule has 0 bridgehead atoms. The van der Waals surface area contributed by atoms with Crippen LogP contribution >= 0.6 is 0 Å². The van der Waals surface area contributed by atoms with E-state index in [4.69, 9.17) is 4.52 Å². The topological polar surface area (TPSA) is 66.7 Å². The van der Waals surface area contributed by atoms with Gasteiger partial charge in [-0.1, -0.05) is 36.3 Å². The molecule has 0 spiro atoms. The van der Waals surface area contributed by atoms with Crippen molar-refractivity contribution < 1.29 is 14.1 Å². The largest absolute Gasteiger partial charge is 0.361 e. The molecule has 0 saturated carbocycles. The molecular weight excluding hydrogens is 342 g/mol. The third-order valence-corrected chi connectivity index (χ3v) is 5.04. The first kappa shape index (κ1) is 19.1. The van der Waals surface area contributed by atoms with Gasteiger partial charge in [0, 0.05) is 38.7 Å². The van der Waals surface area contributed by atoms with E-state index in [0.717, 1.165) is 19.3 Å². The smallest absolute Gasteiger partial charge is 0.276 e. The fraction of sp³-hybridized carbons (Fsp3) is 0.476. The Labute approximate surface area is 160 Å². The summed E-state index contributed by atoms with van der Waals surface area (Å²) in [5, 5.41) is 3.80. The standard InChI is InChI=1S/C21H27N3O3/c1-3-17-5-7-18(8-6-17)9-10-20(25)23-11-4-12-24(14-13-23)21(26)19-15-16(2)27-22-19/h5-8,15H,3-4,9-14H2,1-2H3. The molecule has 0 N–H and O–H groups in total. The van der Waals surface area contributed by atoms with Gasteiger partial charge in [-0.25, -0.2) is 0 Å². The maximum atomic E-state index is 12.6. The molecule has 0 atom stereocenters. The van der Waals surface area contributed by atoms with E-state index in [1.807, 2.05) is 4.90 Å². The fourth-order valence-corrected chi connectivity index (χ4v) is 3.35. The normalized spacial score (nSPS) is 14.9. The van der Waals surface area contributed by atoms with E-state index in [1.54, 1.807) is 17.9 Å². The molecule has 144 valence electrons. The highest BCUT2D eigenvalue weighted by Gasteiger charge is 2.24. The second-order valence-corrected chi connectivity index (χ2v) is 7.02. The monoisotopic (exact) mass is 369 g/mol. The second-order valence-electron chi connectivity index (χ2n) is 7.02. The Bertz CT molecular complexity index is 782. The minimum atomic E-state index is -0.128. The predicted molar refractivity (Wildman–Crippen MR) is 102 cm³/mol. The summed E-state index contributed by atoms with van der Waals surface area (Å²) >= 11 is 0. The first-order chi connectivity index (χ1) is 13.1. The van der Waals surface area contributed by atoms with Crippen LogP contribution in [0.5, 0.6) is 0 Å². The summed E-state index contributed by atoms with van der Waals surface area (Å²) in [5.41, 5.74) is 2.83. The van der Waals surface area contributed by atoms with Crippen LogP contribution in [0, 0.1) is 6.92 Å². The SMILES string of the molecule is CCc1ccc(CCC(=O)N2CCCN(C(=O)c3cc(C)on3)CC2)cc1. The number of aromatic nitrogens is 1. The summed E-state index contributed by atoms with van der Waals surface area (Å²) in [4.78, 5) is 28.7. The van der Waals surface area contributed by atoms with Gasteiger partial charge in [0.1, 0.15) is 5.76 Å². The molecule has 1 aliphatic heterocycles. The van der Waals surface area contributed by atoms with E-state index in [-0.39, 0.29) is 11.8 Å². The molecule has 2 heterocycles. The first-order valence-electron chi connectivity index (χ1n) is 9.65. The zero-order valence-corrected chi connectivity index (χ0v) is 16.1. The number of carbonyl (C=O) groups is 2. The van der Waals surface area contributed by atoms with Gasteiger partial charge in [0.05, 0.1) is 0 Å². The molecular formula is C21H27N3O3. The Morgan fingerprint density at radius 1 is 1.04 bits per heavy atom. The molecule has 1 fully saturated rings. The first-order valence-corrected chi connectivity index (χ1v) is 9.65. The van der Waals surface area contributed by atoms with Crippen molar-refractivity contribution in [2.75, 3.05) is 26.2 Å². The zero-order chi connectivity index (χ0) is 19.2. The van der Waals surface area contributed by atoms with Gasteiger partial charge in [0.25, 0.3) is 5.91 Å². The molecule has 6 heteroatoms. The van der Waals surface area contributed by atoms with E-state index in [9.17, 15) is 9.59 Å². The molecule has 6 nitrogen and oxygen atoms in total. The van der Waals surface area contributed by atoms with Crippen LogP contribution in [-0.2, 0) is 17.6 Å². The lowest BCUT2D eigenvalue weighted by Gasteiger charge is -2.21. The maximum absolute atomic E-state index is 12.6. The predicted octanol–water partition coefficient (Wildman–Crippen LogP) is 2.85. The third-order valence-electron chi connectivity index (χ3n) is 5.04.